The van der Waals surface area contributed by atoms with E-state index in [0.717, 1.165) is 11.8 Å². The van der Waals surface area contributed by atoms with E-state index in [4.69, 9.17) is 23.2 Å². The van der Waals surface area contributed by atoms with E-state index in [-0.39, 0.29) is 15.6 Å². The number of carbonyl (C=O) groups excluding carboxylic acids is 1. The topological polar surface area (TPSA) is 75.3 Å². The van der Waals surface area contributed by atoms with Crippen LogP contribution in [-0.4, -0.2) is 27.2 Å². The fourth-order valence-electron chi connectivity index (χ4n) is 2.01. The van der Waals surface area contributed by atoms with Crippen LogP contribution in [-0.2, 0) is 16.3 Å². The summed E-state index contributed by atoms with van der Waals surface area (Å²) in [5.74, 6) is 0. The molecule has 2 aromatic rings. The number of rotatable bonds is 5. The van der Waals surface area contributed by atoms with E-state index in [9.17, 15) is 13.2 Å². The Balaban J connectivity index is 1.95. The molecule has 0 radical (unpaired) electrons. The number of nitrogens with one attached hydrogen (secondary N) is 2. The summed E-state index contributed by atoms with van der Waals surface area (Å²) >= 11 is 11.9. The van der Waals surface area contributed by atoms with Gasteiger partial charge in [-0.3, -0.25) is 0 Å². The van der Waals surface area contributed by atoms with Gasteiger partial charge in [0.1, 0.15) is 0 Å². The molecule has 2 N–H and O–H groups in total. The molecular weight excluding hydrogens is 371 g/mol. The third-order valence-electron chi connectivity index (χ3n) is 3.20. The molecule has 0 aliphatic carbocycles. The first-order valence-corrected chi connectivity index (χ1v) is 9.69. The summed E-state index contributed by atoms with van der Waals surface area (Å²) < 4.78 is 23.1. The average Bonchev–Trinajstić information content (AvgIpc) is 2.48. The molecule has 0 atom stereocenters. The lowest BCUT2D eigenvalue weighted by molar-refractivity contribution is 0.252. The van der Waals surface area contributed by atoms with Crippen molar-refractivity contribution in [3.63, 3.8) is 0 Å². The van der Waals surface area contributed by atoms with E-state index in [1.807, 2.05) is 18.2 Å². The highest BCUT2D eigenvalue weighted by Crippen LogP contribution is 2.25. The Hall–Kier alpha value is -1.76. The maximum Gasteiger partial charge on any atom is 0.319 e. The van der Waals surface area contributed by atoms with Crippen molar-refractivity contribution < 1.29 is 13.2 Å². The van der Waals surface area contributed by atoms with Crippen LogP contribution < -0.4 is 10.6 Å². The van der Waals surface area contributed by atoms with E-state index in [0.29, 0.717) is 18.0 Å². The monoisotopic (exact) mass is 386 g/mol. The Morgan fingerprint density at radius 3 is 2.54 bits per heavy atom. The number of halogens is 2. The fraction of sp³-hybridized carbons (Fsp3) is 0.188. The van der Waals surface area contributed by atoms with Gasteiger partial charge in [0.05, 0.1) is 15.6 Å². The lowest BCUT2D eigenvalue weighted by Crippen LogP contribution is -2.30. The minimum atomic E-state index is -3.38. The van der Waals surface area contributed by atoms with Crippen LogP contribution in [0.5, 0.6) is 0 Å². The largest absolute Gasteiger partial charge is 0.338 e. The summed E-state index contributed by atoms with van der Waals surface area (Å²) in [4.78, 5) is 12.0. The predicted molar refractivity (Wildman–Crippen MR) is 96.7 cm³/mol. The van der Waals surface area contributed by atoms with Crippen LogP contribution in [0.15, 0.2) is 47.4 Å². The number of anilines is 1. The SMILES string of the molecule is CS(=O)(=O)c1ccc(Cl)c(NC(=O)NCCc2cccc(Cl)c2)c1. The molecule has 2 aromatic carbocycles. The van der Waals surface area contributed by atoms with Gasteiger partial charge in [-0.05, 0) is 42.3 Å². The molecular formula is C16H16Cl2N2O3S. The van der Waals surface area contributed by atoms with Crippen LogP contribution in [0.4, 0.5) is 10.5 Å². The standard InChI is InChI=1S/C16H16Cl2N2O3S/c1-24(22,23)13-5-6-14(18)15(10-13)20-16(21)19-8-7-11-3-2-4-12(17)9-11/h2-6,9-10H,7-8H2,1H3,(H2,19,20,21). The first kappa shape index (κ1) is 18.6. The first-order chi connectivity index (χ1) is 11.3. The second-order valence-electron chi connectivity index (χ2n) is 5.17. The van der Waals surface area contributed by atoms with Crippen molar-refractivity contribution in [3.8, 4) is 0 Å². The predicted octanol–water partition coefficient (Wildman–Crippen LogP) is 3.76. The van der Waals surface area contributed by atoms with Crippen LogP contribution >= 0.6 is 23.2 Å². The molecule has 0 saturated heterocycles. The van der Waals surface area contributed by atoms with Gasteiger partial charge >= 0.3 is 6.03 Å². The summed E-state index contributed by atoms with van der Waals surface area (Å²) in [6.45, 7) is 0.398. The number of hydrogen-bond acceptors (Lipinski definition) is 3. The summed E-state index contributed by atoms with van der Waals surface area (Å²) in [6.07, 6.45) is 1.70. The van der Waals surface area contributed by atoms with Gasteiger partial charge in [0, 0.05) is 17.8 Å². The van der Waals surface area contributed by atoms with Crippen molar-refractivity contribution in [2.45, 2.75) is 11.3 Å². The highest BCUT2D eigenvalue weighted by Gasteiger charge is 2.12. The van der Waals surface area contributed by atoms with E-state index < -0.39 is 15.9 Å². The zero-order chi connectivity index (χ0) is 17.7. The second-order valence-corrected chi connectivity index (χ2v) is 8.03. The molecule has 0 aliphatic rings. The number of carbonyl (C=O) groups is 1. The molecule has 128 valence electrons. The Morgan fingerprint density at radius 2 is 1.88 bits per heavy atom. The van der Waals surface area contributed by atoms with Gasteiger partial charge in [0.15, 0.2) is 9.84 Å². The molecule has 0 heterocycles. The van der Waals surface area contributed by atoms with Crippen LogP contribution in [0.25, 0.3) is 0 Å². The zero-order valence-corrected chi connectivity index (χ0v) is 15.2. The number of hydrogen-bond donors (Lipinski definition) is 2. The molecule has 0 spiro atoms. The molecule has 0 fully saturated rings. The molecule has 0 aliphatic heterocycles. The van der Waals surface area contributed by atoms with Crippen molar-refractivity contribution in [2.75, 3.05) is 18.1 Å². The Labute approximate surface area is 150 Å². The van der Waals surface area contributed by atoms with Gasteiger partial charge in [-0.1, -0.05) is 35.3 Å². The van der Waals surface area contributed by atoms with Crippen LogP contribution in [0, 0.1) is 0 Å². The van der Waals surface area contributed by atoms with Crippen molar-refractivity contribution in [3.05, 3.63) is 58.1 Å². The molecule has 5 nitrogen and oxygen atoms in total. The molecule has 2 rings (SSSR count). The highest BCUT2D eigenvalue weighted by atomic mass is 35.5. The smallest absolute Gasteiger partial charge is 0.319 e. The third-order valence-corrected chi connectivity index (χ3v) is 4.88. The Morgan fingerprint density at radius 1 is 1.12 bits per heavy atom. The van der Waals surface area contributed by atoms with E-state index in [1.54, 1.807) is 6.07 Å². The zero-order valence-electron chi connectivity index (χ0n) is 12.8. The molecule has 0 bridgehead atoms. The van der Waals surface area contributed by atoms with E-state index in [2.05, 4.69) is 10.6 Å². The van der Waals surface area contributed by atoms with E-state index in [1.165, 1.54) is 18.2 Å². The van der Waals surface area contributed by atoms with Gasteiger partial charge in [0.25, 0.3) is 0 Å². The minimum absolute atomic E-state index is 0.0844. The highest BCUT2D eigenvalue weighted by molar-refractivity contribution is 7.90. The number of sulfone groups is 1. The third kappa shape index (κ3) is 5.40. The first-order valence-electron chi connectivity index (χ1n) is 7.04. The number of urea groups is 1. The summed E-state index contributed by atoms with van der Waals surface area (Å²) in [5, 5.41) is 6.13. The average molecular weight is 387 g/mol. The minimum Gasteiger partial charge on any atom is -0.338 e. The lowest BCUT2D eigenvalue weighted by Gasteiger charge is -2.10. The lowest BCUT2D eigenvalue weighted by atomic mass is 10.1. The van der Waals surface area contributed by atoms with Crippen LogP contribution in [0.2, 0.25) is 10.0 Å². The molecule has 24 heavy (non-hydrogen) atoms. The van der Waals surface area contributed by atoms with Crippen LogP contribution in [0.3, 0.4) is 0 Å². The number of amides is 2. The Kier molecular flexibility index (Phi) is 6.10. The van der Waals surface area contributed by atoms with Crippen LogP contribution in [0.1, 0.15) is 5.56 Å². The van der Waals surface area contributed by atoms with Crippen molar-refractivity contribution in [2.24, 2.45) is 0 Å². The van der Waals surface area contributed by atoms with E-state index >= 15 is 0 Å². The van der Waals surface area contributed by atoms with Gasteiger partial charge in [-0.25, -0.2) is 13.2 Å². The number of benzene rings is 2. The molecule has 0 unspecified atom stereocenters. The van der Waals surface area contributed by atoms with Gasteiger partial charge in [-0.2, -0.15) is 0 Å². The molecule has 8 heteroatoms. The molecule has 0 saturated carbocycles. The van der Waals surface area contributed by atoms with Gasteiger partial charge in [0.2, 0.25) is 0 Å². The van der Waals surface area contributed by atoms with Gasteiger partial charge < -0.3 is 10.6 Å². The summed E-state index contributed by atoms with van der Waals surface area (Å²) in [6, 6.07) is 11.0. The van der Waals surface area contributed by atoms with Crippen molar-refractivity contribution >= 4 is 44.8 Å². The molecule has 2 amide bonds. The quantitative estimate of drug-likeness (QED) is 0.820. The normalized spacial score (nSPS) is 11.1. The fourth-order valence-corrected chi connectivity index (χ4v) is 3.04. The maximum absolute atomic E-state index is 11.9. The van der Waals surface area contributed by atoms with Crippen molar-refractivity contribution in [1.29, 1.82) is 0 Å². The van der Waals surface area contributed by atoms with Gasteiger partial charge in [-0.15, -0.1) is 0 Å². The maximum atomic E-state index is 11.9. The summed E-state index contributed by atoms with van der Waals surface area (Å²) in [5.41, 5.74) is 1.24. The van der Waals surface area contributed by atoms with Crippen molar-refractivity contribution in [1.82, 2.24) is 5.32 Å². The summed E-state index contributed by atoms with van der Waals surface area (Å²) in [7, 11) is -3.38. The molecule has 0 aromatic heterocycles. The Bertz CT molecular complexity index is 854. The second kappa shape index (κ2) is 7.88.